The van der Waals surface area contributed by atoms with Gasteiger partial charge in [0.25, 0.3) is 0 Å². The van der Waals surface area contributed by atoms with Crippen LogP contribution in [0.5, 0.6) is 5.75 Å². The third-order valence-electron chi connectivity index (χ3n) is 4.52. The molecule has 0 amide bonds. The van der Waals surface area contributed by atoms with Crippen LogP contribution in [0.2, 0.25) is 0 Å². The normalized spacial score (nSPS) is 17.5. The quantitative estimate of drug-likeness (QED) is 0.899. The summed E-state index contributed by atoms with van der Waals surface area (Å²) in [6.07, 6.45) is 2.35. The number of piperidine rings is 1. The SMILES string of the molecule is CC(C)N1CCC(Nc2cccc3c(O)cccc23)CC1. The van der Waals surface area contributed by atoms with Crippen molar-refractivity contribution in [1.29, 1.82) is 0 Å². The van der Waals surface area contributed by atoms with Crippen LogP contribution in [0.25, 0.3) is 10.8 Å². The van der Waals surface area contributed by atoms with Gasteiger partial charge in [-0.05, 0) is 38.8 Å². The molecule has 2 aromatic carbocycles. The van der Waals surface area contributed by atoms with Gasteiger partial charge in [-0.2, -0.15) is 0 Å². The highest BCUT2D eigenvalue weighted by molar-refractivity contribution is 5.97. The van der Waals surface area contributed by atoms with E-state index in [9.17, 15) is 5.11 Å². The van der Waals surface area contributed by atoms with Crippen molar-refractivity contribution in [3.63, 3.8) is 0 Å². The van der Waals surface area contributed by atoms with Crippen LogP contribution in [0.1, 0.15) is 26.7 Å². The van der Waals surface area contributed by atoms with Crippen LogP contribution in [0.15, 0.2) is 36.4 Å². The van der Waals surface area contributed by atoms with Gasteiger partial charge in [0, 0.05) is 41.6 Å². The molecule has 0 aromatic heterocycles. The van der Waals surface area contributed by atoms with Crippen molar-refractivity contribution in [2.45, 2.75) is 38.8 Å². The molecule has 0 saturated carbocycles. The maximum Gasteiger partial charge on any atom is 0.123 e. The lowest BCUT2D eigenvalue weighted by Crippen LogP contribution is -2.42. The predicted octanol–water partition coefficient (Wildman–Crippen LogP) is 3.83. The molecule has 0 unspecified atom stereocenters. The van der Waals surface area contributed by atoms with E-state index in [4.69, 9.17) is 0 Å². The summed E-state index contributed by atoms with van der Waals surface area (Å²) < 4.78 is 0. The van der Waals surface area contributed by atoms with Gasteiger partial charge in [0.1, 0.15) is 5.75 Å². The van der Waals surface area contributed by atoms with Gasteiger partial charge in [-0.1, -0.05) is 24.3 Å². The fourth-order valence-corrected chi connectivity index (χ4v) is 3.20. The van der Waals surface area contributed by atoms with Crippen molar-refractivity contribution in [2.24, 2.45) is 0 Å². The molecule has 0 bridgehead atoms. The second kappa shape index (κ2) is 5.94. The molecule has 1 heterocycles. The Hall–Kier alpha value is -1.74. The predicted molar refractivity (Wildman–Crippen MR) is 89.0 cm³/mol. The molecule has 2 N–H and O–H groups in total. The van der Waals surface area contributed by atoms with E-state index in [1.807, 2.05) is 18.2 Å². The van der Waals surface area contributed by atoms with Crippen molar-refractivity contribution >= 4 is 16.5 Å². The van der Waals surface area contributed by atoms with Crippen molar-refractivity contribution in [1.82, 2.24) is 4.90 Å². The van der Waals surface area contributed by atoms with Crippen molar-refractivity contribution < 1.29 is 5.11 Å². The lowest BCUT2D eigenvalue weighted by Gasteiger charge is -2.35. The third-order valence-corrected chi connectivity index (χ3v) is 4.52. The first kappa shape index (κ1) is 14.2. The Morgan fingerprint density at radius 1 is 1.05 bits per heavy atom. The zero-order valence-electron chi connectivity index (χ0n) is 12.8. The molecule has 0 aliphatic carbocycles. The molecule has 3 rings (SSSR count). The number of fused-ring (bicyclic) bond motifs is 1. The number of rotatable bonds is 3. The molecule has 1 fully saturated rings. The summed E-state index contributed by atoms with van der Waals surface area (Å²) in [5.41, 5.74) is 1.13. The summed E-state index contributed by atoms with van der Waals surface area (Å²) in [5.74, 6) is 0.353. The highest BCUT2D eigenvalue weighted by Crippen LogP contribution is 2.31. The van der Waals surface area contributed by atoms with Gasteiger partial charge in [0.15, 0.2) is 0 Å². The number of benzene rings is 2. The second-order valence-corrected chi connectivity index (χ2v) is 6.23. The maximum absolute atomic E-state index is 9.96. The third kappa shape index (κ3) is 2.98. The minimum Gasteiger partial charge on any atom is -0.507 e. The van der Waals surface area contributed by atoms with Crippen LogP contribution in [-0.4, -0.2) is 35.2 Å². The first-order valence-corrected chi connectivity index (χ1v) is 7.86. The Balaban J connectivity index is 1.76. The molecular weight excluding hydrogens is 260 g/mol. The number of nitrogens with zero attached hydrogens (tertiary/aromatic N) is 1. The van der Waals surface area contributed by atoms with E-state index in [-0.39, 0.29) is 0 Å². The molecule has 1 aliphatic heterocycles. The van der Waals surface area contributed by atoms with Gasteiger partial charge in [0.05, 0.1) is 0 Å². The van der Waals surface area contributed by atoms with E-state index >= 15 is 0 Å². The minimum absolute atomic E-state index is 0.353. The van der Waals surface area contributed by atoms with Gasteiger partial charge in [-0.15, -0.1) is 0 Å². The first-order valence-electron chi connectivity index (χ1n) is 7.86. The summed E-state index contributed by atoms with van der Waals surface area (Å²) in [6.45, 7) is 6.85. The Bertz CT molecular complexity index is 616. The van der Waals surface area contributed by atoms with Gasteiger partial charge < -0.3 is 15.3 Å². The van der Waals surface area contributed by atoms with Gasteiger partial charge in [-0.25, -0.2) is 0 Å². The number of likely N-dealkylation sites (tertiary alicyclic amines) is 1. The average molecular weight is 284 g/mol. The molecule has 112 valence electrons. The molecule has 3 nitrogen and oxygen atoms in total. The van der Waals surface area contributed by atoms with Gasteiger partial charge >= 0.3 is 0 Å². The number of anilines is 1. The van der Waals surface area contributed by atoms with Crippen LogP contribution in [0, 0.1) is 0 Å². The zero-order chi connectivity index (χ0) is 14.8. The maximum atomic E-state index is 9.96. The van der Waals surface area contributed by atoms with Crippen LogP contribution in [-0.2, 0) is 0 Å². The van der Waals surface area contributed by atoms with E-state index in [1.54, 1.807) is 6.07 Å². The van der Waals surface area contributed by atoms with Crippen LogP contribution < -0.4 is 5.32 Å². The van der Waals surface area contributed by atoms with Crippen LogP contribution >= 0.6 is 0 Å². The summed E-state index contributed by atoms with van der Waals surface area (Å²) in [4.78, 5) is 2.53. The van der Waals surface area contributed by atoms with Crippen LogP contribution in [0.4, 0.5) is 5.69 Å². The van der Waals surface area contributed by atoms with Gasteiger partial charge in [0.2, 0.25) is 0 Å². The Morgan fingerprint density at radius 2 is 1.71 bits per heavy atom. The number of hydrogen-bond acceptors (Lipinski definition) is 3. The molecule has 3 heteroatoms. The van der Waals surface area contributed by atoms with Crippen molar-refractivity contribution in [3.8, 4) is 5.75 Å². The molecule has 0 radical (unpaired) electrons. The van der Waals surface area contributed by atoms with E-state index in [0.29, 0.717) is 17.8 Å². The highest BCUT2D eigenvalue weighted by Gasteiger charge is 2.21. The topological polar surface area (TPSA) is 35.5 Å². The van der Waals surface area contributed by atoms with Crippen molar-refractivity contribution in [3.05, 3.63) is 36.4 Å². The van der Waals surface area contributed by atoms with E-state index in [1.165, 1.54) is 12.8 Å². The highest BCUT2D eigenvalue weighted by atomic mass is 16.3. The first-order chi connectivity index (χ1) is 10.1. The van der Waals surface area contributed by atoms with Gasteiger partial charge in [-0.3, -0.25) is 0 Å². The van der Waals surface area contributed by atoms with E-state index < -0.39 is 0 Å². The monoisotopic (exact) mass is 284 g/mol. The summed E-state index contributed by atoms with van der Waals surface area (Å²) in [5, 5.41) is 15.7. The minimum atomic E-state index is 0.353. The summed E-state index contributed by atoms with van der Waals surface area (Å²) in [7, 11) is 0. The molecule has 21 heavy (non-hydrogen) atoms. The fraction of sp³-hybridized carbons (Fsp3) is 0.444. The molecule has 0 spiro atoms. The second-order valence-electron chi connectivity index (χ2n) is 6.23. The summed E-state index contributed by atoms with van der Waals surface area (Å²) in [6, 6.07) is 13.0. The molecular formula is C18H24N2O. The molecule has 0 atom stereocenters. The van der Waals surface area contributed by atoms with E-state index in [0.717, 1.165) is 29.5 Å². The van der Waals surface area contributed by atoms with Crippen LogP contribution in [0.3, 0.4) is 0 Å². The average Bonchev–Trinajstić information content (AvgIpc) is 2.49. The zero-order valence-corrected chi connectivity index (χ0v) is 12.8. The summed E-state index contributed by atoms with van der Waals surface area (Å²) >= 11 is 0. The largest absolute Gasteiger partial charge is 0.507 e. The number of hydrogen-bond donors (Lipinski definition) is 2. The Morgan fingerprint density at radius 3 is 2.43 bits per heavy atom. The van der Waals surface area contributed by atoms with E-state index in [2.05, 4.69) is 36.2 Å². The Kier molecular flexibility index (Phi) is 4.02. The van der Waals surface area contributed by atoms with Crippen molar-refractivity contribution in [2.75, 3.05) is 18.4 Å². The fourth-order valence-electron chi connectivity index (χ4n) is 3.20. The number of nitrogens with one attached hydrogen (secondary N) is 1. The molecule has 2 aromatic rings. The molecule has 1 aliphatic rings. The Labute approximate surface area is 126 Å². The molecule has 1 saturated heterocycles. The smallest absolute Gasteiger partial charge is 0.123 e. The standard InChI is InChI=1S/C18H24N2O/c1-13(2)20-11-9-14(10-12-20)19-17-7-3-6-16-15(17)5-4-8-18(16)21/h3-8,13-14,19,21H,9-12H2,1-2H3. The lowest BCUT2D eigenvalue weighted by atomic mass is 10.0. The number of phenolic OH excluding ortho intramolecular Hbond substituents is 1. The number of aromatic hydroxyl groups is 1. The lowest BCUT2D eigenvalue weighted by molar-refractivity contribution is 0.177. The number of phenols is 1.